The van der Waals surface area contributed by atoms with Gasteiger partial charge in [-0.25, -0.2) is 4.98 Å². The number of aromatic nitrogens is 1. The van der Waals surface area contributed by atoms with Gasteiger partial charge in [0.25, 0.3) is 5.91 Å². The van der Waals surface area contributed by atoms with Crippen LogP contribution in [-0.4, -0.2) is 68.5 Å². The summed E-state index contributed by atoms with van der Waals surface area (Å²) >= 11 is 0. The highest BCUT2D eigenvalue weighted by molar-refractivity contribution is 5.92. The number of carbonyl (C=O) groups excluding carboxylic acids is 1. The van der Waals surface area contributed by atoms with Crippen molar-refractivity contribution in [3.05, 3.63) is 23.9 Å². The third-order valence-corrected chi connectivity index (χ3v) is 3.59. The maximum atomic E-state index is 12.0. The summed E-state index contributed by atoms with van der Waals surface area (Å²) in [6.07, 6.45) is 1.19. The first-order valence-corrected chi connectivity index (χ1v) is 7.05. The molecule has 0 N–H and O–H groups in total. The van der Waals surface area contributed by atoms with Crippen LogP contribution in [0.3, 0.4) is 0 Å². The van der Waals surface area contributed by atoms with E-state index in [1.54, 1.807) is 25.1 Å². The Kier molecular flexibility index (Phi) is 4.60. The highest BCUT2D eigenvalue weighted by Crippen LogP contribution is 2.22. The third-order valence-electron chi connectivity index (χ3n) is 3.59. The average molecular weight is 276 g/mol. The molecule has 1 atom stereocenters. The number of hydrogen-bond donors (Lipinski definition) is 0. The first-order valence-electron chi connectivity index (χ1n) is 7.05. The molecule has 1 aliphatic heterocycles. The van der Waals surface area contributed by atoms with E-state index < -0.39 is 0 Å². The van der Waals surface area contributed by atoms with E-state index in [4.69, 9.17) is 0 Å². The van der Waals surface area contributed by atoms with Gasteiger partial charge in [0.15, 0.2) is 0 Å². The van der Waals surface area contributed by atoms with Crippen LogP contribution in [0.2, 0.25) is 0 Å². The van der Waals surface area contributed by atoms with Crippen LogP contribution >= 0.6 is 0 Å². The lowest BCUT2D eigenvalue weighted by Gasteiger charge is -2.20. The molecule has 2 rings (SSSR count). The number of amides is 1. The van der Waals surface area contributed by atoms with E-state index in [2.05, 4.69) is 28.9 Å². The molecule has 20 heavy (non-hydrogen) atoms. The molecule has 1 aliphatic rings. The summed E-state index contributed by atoms with van der Waals surface area (Å²) < 4.78 is 0. The van der Waals surface area contributed by atoms with Crippen molar-refractivity contribution in [2.24, 2.45) is 5.92 Å². The molecule has 110 valence electrons. The number of carbonyl (C=O) groups is 1. The van der Waals surface area contributed by atoms with Crippen molar-refractivity contribution in [2.45, 2.75) is 6.42 Å². The monoisotopic (exact) mass is 276 g/mol. The number of rotatable bonds is 4. The van der Waals surface area contributed by atoms with Crippen molar-refractivity contribution in [3.8, 4) is 0 Å². The Hall–Kier alpha value is -1.62. The predicted octanol–water partition coefficient (Wildman–Crippen LogP) is 1.17. The molecule has 1 saturated heterocycles. The molecule has 1 aromatic heterocycles. The molecule has 1 fully saturated rings. The maximum Gasteiger partial charge on any atom is 0.272 e. The second kappa shape index (κ2) is 6.22. The molecule has 2 heterocycles. The Morgan fingerprint density at radius 2 is 2.10 bits per heavy atom. The normalized spacial score (nSPS) is 18.6. The van der Waals surface area contributed by atoms with Crippen LogP contribution in [0.25, 0.3) is 0 Å². The zero-order valence-corrected chi connectivity index (χ0v) is 12.8. The molecule has 1 amide bonds. The molecule has 0 aromatic carbocycles. The standard InChI is InChI=1S/C15H24N4O/c1-17(2)10-12-8-9-19(11-12)14-7-5-6-13(16-14)15(20)18(3)4/h5-7,12H,8-11H2,1-4H3. The van der Waals surface area contributed by atoms with Crippen LogP contribution in [-0.2, 0) is 0 Å². The molecular weight excluding hydrogens is 252 g/mol. The zero-order valence-electron chi connectivity index (χ0n) is 12.8. The largest absolute Gasteiger partial charge is 0.356 e. The van der Waals surface area contributed by atoms with Gasteiger partial charge in [-0.05, 0) is 38.6 Å². The second-order valence-corrected chi connectivity index (χ2v) is 5.94. The summed E-state index contributed by atoms with van der Waals surface area (Å²) in [7, 11) is 7.72. The fourth-order valence-corrected chi connectivity index (χ4v) is 2.65. The molecule has 5 nitrogen and oxygen atoms in total. The lowest BCUT2D eigenvalue weighted by molar-refractivity contribution is 0.0822. The molecule has 0 saturated carbocycles. The van der Waals surface area contributed by atoms with Crippen LogP contribution < -0.4 is 4.90 Å². The van der Waals surface area contributed by atoms with E-state index in [0.717, 1.165) is 25.5 Å². The van der Waals surface area contributed by atoms with Gasteiger partial charge in [-0.3, -0.25) is 4.79 Å². The number of anilines is 1. The zero-order chi connectivity index (χ0) is 14.7. The van der Waals surface area contributed by atoms with Gasteiger partial charge in [-0.2, -0.15) is 0 Å². The molecule has 1 unspecified atom stereocenters. The van der Waals surface area contributed by atoms with Gasteiger partial charge in [-0.1, -0.05) is 6.07 Å². The summed E-state index contributed by atoms with van der Waals surface area (Å²) in [5.74, 6) is 1.55. The average Bonchev–Trinajstić information content (AvgIpc) is 2.85. The Labute approximate surface area is 121 Å². The van der Waals surface area contributed by atoms with E-state index in [9.17, 15) is 4.79 Å². The van der Waals surface area contributed by atoms with Crippen LogP contribution in [0, 0.1) is 5.92 Å². The third kappa shape index (κ3) is 3.48. The summed E-state index contributed by atoms with van der Waals surface area (Å²) in [6, 6.07) is 5.68. The van der Waals surface area contributed by atoms with E-state index in [1.807, 2.05) is 12.1 Å². The van der Waals surface area contributed by atoms with Crippen molar-refractivity contribution < 1.29 is 4.79 Å². The highest BCUT2D eigenvalue weighted by Gasteiger charge is 2.24. The molecule has 1 aromatic rings. The predicted molar refractivity (Wildman–Crippen MR) is 81.1 cm³/mol. The molecule has 0 spiro atoms. The van der Waals surface area contributed by atoms with Gasteiger partial charge >= 0.3 is 0 Å². The van der Waals surface area contributed by atoms with Crippen molar-refractivity contribution in [1.82, 2.24) is 14.8 Å². The molecule has 0 bridgehead atoms. The van der Waals surface area contributed by atoms with Gasteiger partial charge in [0.2, 0.25) is 0 Å². The first kappa shape index (κ1) is 14.8. The van der Waals surface area contributed by atoms with Crippen molar-refractivity contribution in [2.75, 3.05) is 52.7 Å². The Bertz CT molecular complexity index is 473. The number of hydrogen-bond acceptors (Lipinski definition) is 4. The van der Waals surface area contributed by atoms with E-state index in [1.165, 1.54) is 6.42 Å². The summed E-state index contributed by atoms with van der Waals surface area (Å²) in [6.45, 7) is 3.14. The van der Waals surface area contributed by atoms with Crippen LogP contribution in [0.1, 0.15) is 16.9 Å². The minimum Gasteiger partial charge on any atom is -0.356 e. The van der Waals surface area contributed by atoms with Crippen LogP contribution in [0.4, 0.5) is 5.82 Å². The second-order valence-electron chi connectivity index (χ2n) is 5.94. The Morgan fingerprint density at radius 1 is 1.35 bits per heavy atom. The topological polar surface area (TPSA) is 39.7 Å². The Morgan fingerprint density at radius 3 is 2.75 bits per heavy atom. The first-order chi connectivity index (χ1) is 9.47. The van der Waals surface area contributed by atoms with Gasteiger partial charge in [-0.15, -0.1) is 0 Å². The van der Waals surface area contributed by atoms with Gasteiger partial charge < -0.3 is 14.7 Å². The van der Waals surface area contributed by atoms with E-state index >= 15 is 0 Å². The maximum absolute atomic E-state index is 12.0. The van der Waals surface area contributed by atoms with Crippen LogP contribution in [0.5, 0.6) is 0 Å². The Balaban J connectivity index is 2.07. The SMILES string of the molecule is CN(C)CC1CCN(c2cccc(C(=O)N(C)C)n2)C1. The van der Waals surface area contributed by atoms with Gasteiger partial charge in [0.1, 0.15) is 11.5 Å². The summed E-state index contributed by atoms with van der Waals surface area (Å²) in [5.41, 5.74) is 0.517. The lowest BCUT2D eigenvalue weighted by atomic mass is 10.1. The molecule has 5 heteroatoms. The quantitative estimate of drug-likeness (QED) is 0.827. The van der Waals surface area contributed by atoms with Gasteiger partial charge in [0, 0.05) is 33.7 Å². The minimum absolute atomic E-state index is 0.0455. The summed E-state index contributed by atoms with van der Waals surface area (Å²) in [5, 5.41) is 0. The fraction of sp³-hybridized carbons (Fsp3) is 0.600. The fourth-order valence-electron chi connectivity index (χ4n) is 2.65. The van der Waals surface area contributed by atoms with E-state index in [-0.39, 0.29) is 5.91 Å². The summed E-state index contributed by atoms with van der Waals surface area (Å²) in [4.78, 5) is 22.5. The van der Waals surface area contributed by atoms with E-state index in [0.29, 0.717) is 11.6 Å². The smallest absolute Gasteiger partial charge is 0.272 e. The number of pyridine rings is 1. The van der Waals surface area contributed by atoms with Crippen molar-refractivity contribution in [3.63, 3.8) is 0 Å². The molecule has 0 radical (unpaired) electrons. The minimum atomic E-state index is -0.0455. The lowest BCUT2D eigenvalue weighted by Crippen LogP contribution is -2.27. The molecule has 0 aliphatic carbocycles. The molecular formula is C15H24N4O. The number of nitrogens with zero attached hydrogens (tertiary/aromatic N) is 4. The van der Waals surface area contributed by atoms with Crippen LogP contribution in [0.15, 0.2) is 18.2 Å². The highest BCUT2D eigenvalue weighted by atomic mass is 16.2. The van der Waals surface area contributed by atoms with Crippen molar-refractivity contribution in [1.29, 1.82) is 0 Å². The van der Waals surface area contributed by atoms with Crippen molar-refractivity contribution >= 4 is 11.7 Å². The van der Waals surface area contributed by atoms with Gasteiger partial charge in [0.05, 0.1) is 0 Å².